The van der Waals surface area contributed by atoms with Crippen molar-refractivity contribution in [2.75, 3.05) is 0 Å². The lowest BCUT2D eigenvalue weighted by molar-refractivity contribution is -0.136. The van der Waals surface area contributed by atoms with Gasteiger partial charge in [0.15, 0.2) is 0 Å². The number of hydrogen-bond donors (Lipinski definition) is 1. The van der Waals surface area contributed by atoms with E-state index in [2.05, 4.69) is 68.8 Å². The third-order valence-corrected chi connectivity index (χ3v) is 5.56. The number of carboxylic acids is 1. The standard InChI is InChI=1S/C22H20BrN3O2/c1-15-19-12-17(23)4-7-21(19)26(20(15)8-9-22(27)28)13-16-2-5-18(6-3-16)25-11-10-24-14-25/h2-7,10-12,14H,8-9,13H2,1H3,(H,27,28). The molecular weight excluding hydrogens is 418 g/mol. The molecule has 0 aliphatic rings. The van der Waals surface area contributed by atoms with Crippen molar-refractivity contribution in [2.24, 2.45) is 0 Å². The second-order valence-corrected chi connectivity index (χ2v) is 7.77. The van der Waals surface area contributed by atoms with Gasteiger partial charge in [-0.05, 0) is 54.8 Å². The Morgan fingerprint density at radius 2 is 1.96 bits per heavy atom. The Morgan fingerprint density at radius 3 is 2.64 bits per heavy atom. The Labute approximate surface area is 171 Å². The maximum atomic E-state index is 11.1. The van der Waals surface area contributed by atoms with Gasteiger partial charge in [-0.15, -0.1) is 0 Å². The highest BCUT2D eigenvalue weighted by Gasteiger charge is 2.16. The van der Waals surface area contributed by atoms with Gasteiger partial charge in [0.1, 0.15) is 0 Å². The highest BCUT2D eigenvalue weighted by molar-refractivity contribution is 9.10. The van der Waals surface area contributed by atoms with Crippen molar-refractivity contribution in [3.05, 3.63) is 82.5 Å². The van der Waals surface area contributed by atoms with Crippen molar-refractivity contribution in [1.82, 2.24) is 14.1 Å². The summed E-state index contributed by atoms with van der Waals surface area (Å²) in [6.07, 6.45) is 6.09. The van der Waals surface area contributed by atoms with E-state index >= 15 is 0 Å². The molecule has 0 radical (unpaired) electrons. The number of hydrogen-bond acceptors (Lipinski definition) is 2. The number of aliphatic carboxylic acids is 1. The zero-order chi connectivity index (χ0) is 19.7. The molecule has 1 N–H and O–H groups in total. The van der Waals surface area contributed by atoms with Crippen molar-refractivity contribution in [2.45, 2.75) is 26.3 Å². The molecule has 0 unspecified atom stereocenters. The van der Waals surface area contributed by atoms with Gasteiger partial charge in [0.2, 0.25) is 0 Å². The summed E-state index contributed by atoms with van der Waals surface area (Å²) in [5.74, 6) is -0.776. The maximum Gasteiger partial charge on any atom is 0.303 e. The molecule has 5 nitrogen and oxygen atoms in total. The van der Waals surface area contributed by atoms with Crippen LogP contribution in [-0.2, 0) is 17.8 Å². The molecule has 0 aliphatic heterocycles. The molecule has 4 rings (SSSR count). The quantitative estimate of drug-likeness (QED) is 0.463. The fraction of sp³-hybridized carbons (Fsp3) is 0.182. The van der Waals surface area contributed by atoms with Gasteiger partial charge >= 0.3 is 5.97 Å². The Morgan fingerprint density at radius 1 is 1.18 bits per heavy atom. The Balaban J connectivity index is 1.72. The molecule has 2 aromatic heterocycles. The SMILES string of the molecule is Cc1c(CCC(=O)O)n(Cc2ccc(-n3ccnc3)cc2)c2ccc(Br)cc12. The largest absolute Gasteiger partial charge is 0.481 e. The van der Waals surface area contributed by atoms with Crippen molar-refractivity contribution >= 4 is 32.8 Å². The molecule has 2 heterocycles. The number of rotatable bonds is 6. The van der Waals surface area contributed by atoms with E-state index < -0.39 is 5.97 Å². The summed E-state index contributed by atoms with van der Waals surface area (Å²) in [5.41, 5.74) is 5.58. The number of carboxylic acid groups (broad SMARTS) is 1. The van der Waals surface area contributed by atoms with E-state index in [1.165, 1.54) is 5.56 Å². The van der Waals surface area contributed by atoms with E-state index in [1.807, 2.05) is 16.8 Å². The molecule has 0 amide bonds. The summed E-state index contributed by atoms with van der Waals surface area (Å²) in [7, 11) is 0. The minimum Gasteiger partial charge on any atom is -0.481 e. The number of aryl methyl sites for hydroxylation is 1. The second-order valence-electron chi connectivity index (χ2n) is 6.85. The molecule has 4 aromatic rings. The van der Waals surface area contributed by atoms with Crippen molar-refractivity contribution in [1.29, 1.82) is 0 Å². The first-order valence-electron chi connectivity index (χ1n) is 9.09. The zero-order valence-electron chi connectivity index (χ0n) is 15.5. The van der Waals surface area contributed by atoms with E-state index in [9.17, 15) is 4.79 Å². The number of aromatic nitrogens is 3. The van der Waals surface area contributed by atoms with E-state index in [1.54, 1.807) is 12.5 Å². The number of nitrogens with zero attached hydrogens (tertiary/aromatic N) is 3. The first-order valence-corrected chi connectivity index (χ1v) is 9.88. The van der Waals surface area contributed by atoms with Gasteiger partial charge in [-0.1, -0.05) is 28.1 Å². The second kappa shape index (κ2) is 7.64. The molecule has 0 atom stereocenters. The zero-order valence-corrected chi connectivity index (χ0v) is 17.1. The van der Waals surface area contributed by atoms with Crippen LogP contribution in [0.4, 0.5) is 0 Å². The van der Waals surface area contributed by atoms with Gasteiger partial charge < -0.3 is 14.2 Å². The fourth-order valence-electron chi connectivity index (χ4n) is 3.64. The van der Waals surface area contributed by atoms with Crippen molar-refractivity contribution in [3.8, 4) is 5.69 Å². The van der Waals surface area contributed by atoms with Gasteiger partial charge in [0, 0.05) is 45.7 Å². The van der Waals surface area contributed by atoms with Crippen LogP contribution in [-0.4, -0.2) is 25.2 Å². The maximum absolute atomic E-state index is 11.1. The topological polar surface area (TPSA) is 60.0 Å². The Kier molecular flexibility index (Phi) is 5.05. The highest BCUT2D eigenvalue weighted by Crippen LogP contribution is 2.30. The lowest BCUT2D eigenvalue weighted by atomic mass is 10.1. The summed E-state index contributed by atoms with van der Waals surface area (Å²) in [6, 6.07) is 14.6. The van der Waals surface area contributed by atoms with Gasteiger partial charge in [-0.3, -0.25) is 4.79 Å². The van der Waals surface area contributed by atoms with Crippen LogP contribution in [0.1, 0.15) is 23.2 Å². The molecule has 0 saturated carbocycles. The predicted molar refractivity (Wildman–Crippen MR) is 113 cm³/mol. The van der Waals surface area contributed by atoms with Gasteiger partial charge in [0.25, 0.3) is 0 Å². The molecule has 28 heavy (non-hydrogen) atoms. The average molecular weight is 438 g/mol. The molecule has 0 spiro atoms. The smallest absolute Gasteiger partial charge is 0.303 e. The molecule has 2 aromatic carbocycles. The third kappa shape index (κ3) is 3.60. The van der Waals surface area contributed by atoms with Crippen LogP contribution in [0.25, 0.3) is 16.6 Å². The Hall–Kier alpha value is -2.86. The molecule has 0 aliphatic carbocycles. The summed E-state index contributed by atoms with van der Waals surface area (Å²) < 4.78 is 5.23. The normalized spacial score (nSPS) is 11.2. The monoisotopic (exact) mass is 437 g/mol. The number of carbonyl (C=O) groups is 1. The van der Waals surface area contributed by atoms with Crippen LogP contribution >= 0.6 is 15.9 Å². The minimum atomic E-state index is -0.776. The molecule has 0 bridgehead atoms. The van der Waals surface area contributed by atoms with E-state index in [-0.39, 0.29) is 6.42 Å². The van der Waals surface area contributed by atoms with Gasteiger partial charge in [-0.2, -0.15) is 0 Å². The first-order chi connectivity index (χ1) is 13.5. The van der Waals surface area contributed by atoms with Crippen molar-refractivity contribution < 1.29 is 9.90 Å². The van der Waals surface area contributed by atoms with E-state index in [0.29, 0.717) is 13.0 Å². The van der Waals surface area contributed by atoms with Crippen LogP contribution in [0.3, 0.4) is 0 Å². The van der Waals surface area contributed by atoms with Crippen LogP contribution in [0, 0.1) is 6.92 Å². The summed E-state index contributed by atoms with van der Waals surface area (Å²) in [5, 5.41) is 10.3. The summed E-state index contributed by atoms with van der Waals surface area (Å²) in [4.78, 5) is 15.2. The number of halogens is 1. The van der Waals surface area contributed by atoms with Crippen LogP contribution in [0.5, 0.6) is 0 Å². The molecular formula is C22H20BrN3O2. The van der Waals surface area contributed by atoms with Crippen LogP contribution < -0.4 is 0 Å². The van der Waals surface area contributed by atoms with Gasteiger partial charge in [-0.25, -0.2) is 4.98 Å². The predicted octanol–water partition coefficient (Wildman–Crippen LogP) is 4.96. The third-order valence-electron chi connectivity index (χ3n) is 5.07. The van der Waals surface area contributed by atoms with E-state index in [4.69, 9.17) is 5.11 Å². The fourth-order valence-corrected chi connectivity index (χ4v) is 4.00. The van der Waals surface area contributed by atoms with E-state index in [0.717, 1.165) is 32.3 Å². The lowest BCUT2D eigenvalue weighted by Gasteiger charge is -2.12. The number of imidazole rings is 1. The number of benzene rings is 2. The van der Waals surface area contributed by atoms with Crippen molar-refractivity contribution in [3.63, 3.8) is 0 Å². The average Bonchev–Trinajstić information content (AvgIpc) is 3.29. The summed E-state index contributed by atoms with van der Waals surface area (Å²) >= 11 is 3.55. The van der Waals surface area contributed by atoms with Crippen LogP contribution in [0.2, 0.25) is 0 Å². The first kappa shape index (κ1) is 18.5. The van der Waals surface area contributed by atoms with Crippen LogP contribution in [0.15, 0.2) is 65.7 Å². The highest BCUT2D eigenvalue weighted by atomic mass is 79.9. The number of fused-ring (bicyclic) bond motifs is 1. The molecule has 0 saturated heterocycles. The molecule has 6 heteroatoms. The molecule has 0 fully saturated rings. The minimum absolute atomic E-state index is 0.123. The van der Waals surface area contributed by atoms with Gasteiger partial charge in [0.05, 0.1) is 12.7 Å². The summed E-state index contributed by atoms with van der Waals surface area (Å²) in [6.45, 7) is 2.77. The Bertz CT molecular complexity index is 1130. The lowest BCUT2D eigenvalue weighted by Crippen LogP contribution is -2.08. The molecule has 142 valence electrons.